The first-order valence-electron chi connectivity index (χ1n) is 6.44. The van der Waals surface area contributed by atoms with Gasteiger partial charge in [0.2, 0.25) is 0 Å². The molecule has 0 aromatic heterocycles. The molecule has 0 aliphatic carbocycles. The normalized spacial score (nSPS) is 11.8. The number of nitrogens with one attached hydrogen (secondary N) is 1. The average molecular weight is 289 g/mol. The van der Waals surface area contributed by atoms with Crippen molar-refractivity contribution in [1.29, 1.82) is 0 Å². The van der Waals surface area contributed by atoms with Gasteiger partial charge in [-0.05, 0) is 36.8 Å². The zero-order valence-electron chi connectivity index (χ0n) is 11.8. The number of benzene rings is 2. The summed E-state index contributed by atoms with van der Waals surface area (Å²) >= 11 is 0. The summed E-state index contributed by atoms with van der Waals surface area (Å²) in [5.41, 5.74) is 1.09. The molecule has 0 aliphatic heterocycles. The van der Waals surface area contributed by atoms with E-state index < -0.39 is 17.8 Å². The SMILES string of the molecule is COc1ccc(C(=O)Nc2cccc(C(C)O)c2)c(F)c1. The first kappa shape index (κ1) is 15.0. The maximum Gasteiger partial charge on any atom is 0.258 e. The minimum absolute atomic E-state index is 0.0711. The summed E-state index contributed by atoms with van der Waals surface area (Å²) < 4.78 is 18.7. The van der Waals surface area contributed by atoms with E-state index in [1.807, 2.05) is 0 Å². The van der Waals surface area contributed by atoms with Gasteiger partial charge in [0, 0.05) is 11.8 Å². The number of carbonyl (C=O) groups excluding carboxylic acids is 1. The van der Waals surface area contributed by atoms with Crippen molar-refractivity contribution in [3.63, 3.8) is 0 Å². The Kier molecular flexibility index (Phi) is 4.55. The maximum absolute atomic E-state index is 13.8. The van der Waals surface area contributed by atoms with Crippen LogP contribution in [0.25, 0.3) is 0 Å². The summed E-state index contributed by atoms with van der Waals surface area (Å²) in [5, 5.41) is 12.1. The number of ether oxygens (including phenoxy) is 1. The standard InChI is InChI=1S/C16H16FNO3/c1-10(19)11-4-3-5-12(8-11)18-16(20)14-7-6-13(21-2)9-15(14)17/h3-10,19H,1-2H3,(H,18,20). The number of hydrogen-bond acceptors (Lipinski definition) is 3. The number of rotatable bonds is 4. The van der Waals surface area contributed by atoms with E-state index in [1.165, 1.54) is 19.2 Å². The van der Waals surface area contributed by atoms with Crippen molar-refractivity contribution in [1.82, 2.24) is 0 Å². The molecule has 0 saturated heterocycles. The van der Waals surface area contributed by atoms with E-state index in [4.69, 9.17) is 4.74 Å². The molecule has 0 radical (unpaired) electrons. The Balaban J connectivity index is 2.20. The second-order valence-electron chi connectivity index (χ2n) is 4.60. The zero-order valence-corrected chi connectivity index (χ0v) is 11.8. The third-order valence-electron chi connectivity index (χ3n) is 3.05. The molecule has 1 amide bonds. The van der Waals surface area contributed by atoms with E-state index in [0.717, 1.165) is 6.07 Å². The van der Waals surface area contributed by atoms with Crippen LogP contribution in [0, 0.1) is 5.82 Å². The molecule has 0 aliphatic rings. The summed E-state index contributed by atoms with van der Waals surface area (Å²) in [4.78, 5) is 12.1. The van der Waals surface area contributed by atoms with Gasteiger partial charge in [-0.1, -0.05) is 12.1 Å². The molecule has 0 saturated carbocycles. The average Bonchev–Trinajstić information content (AvgIpc) is 2.47. The number of hydrogen-bond donors (Lipinski definition) is 2. The van der Waals surface area contributed by atoms with Crippen LogP contribution in [0.2, 0.25) is 0 Å². The fraction of sp³-hybridized carbons (Fsp3) is 0.188. The third kappa shape index (κ3) is 3.58. The number of methoxy groups -OCH3 is 1. The first-order valence-corrected chi connectivity index (χ1v) is 6.44. The van der Waals surface area contributed by atoms with Gasteiger partial charge in [0.05, 0.1) is 18.8 Å². The molecular formula is C16H16FNO3. The molecule has 2 aromatic rings. The van der Waals surface area contributed by atoms with Gasteiger partial charge in [0.25, 0.3) is 5.91 Å². The maximum atomic E-state index is 13.8. The van der Waals surface area contributed by atoms with Crippen LogP contribution in [0.15, 0.2) is 42.5 Å². The van der Waals surface area contributed by atoms with E-state index in [0.29, 0.717) is 17.0 Å². The monoisotopic (exact) mass is 289 g/mol. The Morgan fingerprint density at radius 3 is 2.67 bits per heavy atom. The van der Waals surface area contributed by atoms with Gasteiger partial charge in [-0.2, -0.15) is 0 Å². The van der Waals surface area contributed by atoms with Crippen LogP contribution in [0.3, 0.4) is 0 Å². The minimum atomic E-state index is -0.654. The molecule has 2 aromatic carbocycles. The summed E-state index contributed by atoms with van der Waals surface area (Å²) in [6, 6.07) is 10.8. The second-order valence-corrected chi connectivity index (χ2v) is 4.60. The van der Waals surface area contributed by atoms with Crippen LogP contribution in [0.5, 0.6) is 5.75 Å². The molecule has 21 heavy (non-hydrogen) atoms. The predicted molar refractivity (Wildman–Crippen MR) is 78.0 cm³/mol. The third-order valence-corrected chi connectivity index (χ3v) is 3.05. The van der Waals surface area contributed by atoms with Gasteiger partial charge >= 0.3 is 0 Å². The van der Waals surface area contributed by atoms with Crippen molar-refractivity contribution in [3.05, 3.63) is 59.4 Å². The Hall–Kier alpha value is -2.40. The predicted octanol–water partition coefficient (Wildman–Crippen LogP) is 3.14. The lowest BCUT2D eigenvalue weighted by atomic mass is 10.1. The van der Waals surface area contributed by atoms with Crippen molar-refractivity contribution in [2.75, 3.05) is 12.4 Å². The van der Waals surface area contributed by atoms with Crippen LogP contribution in [0.4, 0.5) is 10.1 Å². The number of carbonyl (C=O) groups is 1. The molecule has 5 heteroatoms. The molecule has 4 nitrogen and oxygen atoms in total. The summed E-state index contributed by atoms with van der Waals surface area (Å²) in [5.74, 6) is -0.864. The molecule has 1 atom stereocenters. The van der Waals surface area contributed by atoms with Crippen molar-refractivity contribution in [3.8, 4) is 5.75 Å². The Morgan fingerprint density at radius 1 is 1.29 bits per heavy atom. The van der Waals surface area contributed by atoms with Gasteiger partial charge < -0.3 is 15.2 Å². The highest BCUT2D eigenvalue weighted by atomic mass is 19.1. The van der Waals surface area contributed by atoms with Gasteiger partial charge in [-0.25, -0.2) is 4.39 Å². The lowest BCUT2D eigenvalue weighted by molar-refractivity contribution is 0.102. The van der Waals surface area contributed by atoms with Gasteiger partial charge in [-0.15, -0.1) is 0 Å². The molecule has 0 fully saturated rings. The van der Waals surface area contributed by atoms with E-state index >= 15 is 0 Å². The molecule has 0 spiro atoms. The zero-order chi connectivity index (χ0) is 15.4. The Morgan fingerprint density at radius 2 is 2.05 bits per heavy atom. The highest BCUT2D eigenvalue weighted by molar-refractivity contribution is 6.04. The van der Waals surface area contributed by atoms with Crippen LogP contribution in [-0.2, 0) is 0 Å². The molecule has 2 rings (SSSR count). The topological polar surface area (TPSA) is 58.6 Å². The molecular weight excluding hydrogens is 273 g/mol. The number of aliphatic hydroxyl groups is 1. The van der Waals surface area contributed by atoms with Crippen molar-refractivity contribution >= 4 is 11.6 Å². The van der Waals surface area contributed by atoms with Crippen LogP contribution in [-0.4, -0.2) is 18.1 Å². The molecule has 2 N–H and O–H groups in total. The van der Waals surface area contributed by atoms with E-state index in [2.05, 4.69) is 5.32 Å². The quantitative estimate of drug-likeness (QED) is 0.909. The lowest BCUT2D eigenvalue weighted by Gasteiger charge is -2.10. The van der Waals surface area contributed by atoms with Gasteiger partial charge in [0.1, 0.15) is 11.6 Å². The fourth-order valence-electron chi connectivity index (χ4n) is 1.88. The van der Waals surface area contributed by atoms with E-state index in [9.17, 15) is 14.3 Å². The fourth-order valence-corrected chi connectivity index (χ4v) is 1.88. The van der Waals surface area contributed by atoms with Crippen LogP contribution >= 0.6 is 0 Å². The first-order chi connectivity index (χ1) is 10.0. The Bertz CT molecular complexity index is 656. The smallest absolute Gasteiger partial charge is 0.258 e. The lowest BCUT2D eigenvalue weighted by Crippen LogP contribution is -2.14. The minimum Gasteiger partial charge on any atom is -0.497 e. The largest absolute Gasteiger partial charge is 0.497 e. The summed E-state index contributed by atoms with van der Waals surface area (Å²) in [7, 11) is 1.43. The highest BCUT2D eigenvalue weighted by Gasteiger charge is 2.13. The molecule has 1 unspecified atom stereocenters. The molecule has 0 heterocycles. The Labute approximate surface area is 122 Å². The van der Waals surface area contributed by atoms with Crippen molar-refractivity contribution in [2.24, 2.45) is 0 Å². The molecule has 0 bridgehead atoms. The molecule has 110 valence electrons. The second kappa shape index (κ2) is 6.37. The van der Waals surface area contributed by atoms with Crippen molar-refractivity contribution < 1.29 is 19.0 Å². The number of aliphatic hydroxyl groups excluding tert-OH is 1. The summed E-state index contributed by atoms with van der Waals surface area (Å²) in [6.07, 6.45) is -0.639. The van der Waals surface area contributed by atoms with Crippen molar-refractivity contribution in [2.45, 2.75) is 13.0 Å². The van der Waals surface area contributed by atoms with E-state index in [-0.39, 0.29) is 5.56 Å². The van der Waals surface area contributed by atoms with Gasteiger partial charge in [0.15, 0.2) is 0 Å². The van der Waals surface area contributed by atoms with Crippen LogP contribution in [0.1, 0.15) is 28.9 Å². The number of halogens is 1. The highest BCUT2D eigenvalue weighted by Crippen LogP contribution is 2.20. The van der Waals surface area contributed by atoms with Crippen LogP contribution < -0.4 is 10.1 Å². The van der Waals surface area contributed by atoms with Gasteiger partial charge in [-0.3, -0.25) is 4.79 Å². The van der Waals surface area contributed by atoms with E-state index in [1.54, 1.807) is 31.2 Å². The summed E-state index contributed by atoms with van der Waals surface area (Å²) in [6.45, 7) is 1.63. The number of anilines is 1. The number of amides is 1.